The number of aryl methyl sites for hydroxylation is 1. The summed E-state index contributed by atoms with van der Waals surface area (Å²) >= 11 is 0. The average Bonchev–Trinajstić information content (AvgIpc) is 2.63. The van der Waals surface area contributed by atoms with Gasteiger partial charge in [-0.15, -0.1) is 0 Å². The van der Waals surface area contributed by atoms with Crippen LogP contribution in [0.25, 0.3) is 0 Å². The van der Waals surface area contributed by atoms with E-state index < -0.39 is 6.10 Å². The molecule has 140 valence electrons. The number of rotatable bonds is 7. The molecule has 0 saturated carbocycles. The molecule has 0 radical (unpaired) electrons. The molecule has 2 atom stereocenters. The molecule has 0 bridgehead atoms. The summed E-state index contributed by atoms with van der Waals surface area (Å²) in [5, 5.41) is 16.6. The van der Waals surface area contributed by atoms with E-state index >= 15 is 0 Å². The van der Waals surface area contributed by atoms with E-state index in [9.17, 15) is 9.50 Å². The van der Waals surface area contributed by atoms with Crippen LogP contribution in [0.5, 0.6) is 0 Å². The molecule has 0 aromatic heterocycles. The Hall–Kier alpha value is -2.40. The molecule has 0 aliphatic heterocycles. The molecule has 0 heterocycles. The van der Waals surface area contributed by atoms with E-state index in [-0.39, 0.29) is 11.9 Å². The first-order valence-corrected chi connectivity index (χ1v) is 9.02. The highest BCUT2D eigenvalue weighted by atomic mass is 19.1. The number of aliphatic imine (C=N–C) groups is 1. The fraction of sp³-hybridized carbons (Fsp3) is 0.381. The zero-order valence-electron chi connectivity index (χ0n) is 15.7. The first kappa shape index (κ1) is 19.9. The molecule has 0 aliphatic carbocycles. The lowest BCUT2D eigenvalue weighted by Crippen LogP contribution is -2.39. The minimum atomic E-state index is -0.556. The number of hydrogen-bond donors (Lipinski definition) is 3. The van der Waals surface area contributed by atoms with Gasteiger partial charge in [-0.1, -0.05) is 42.5 Å². The maximum Gasteiger partial charge on any atom is 0.191 e. The maximum atomic E-state index is 13.8. The molecule has 0 saturated heterocycles. The molecule has 4 nitrogen and oxygen atoms in total. The highest BCUT2D eigenvalue weighted by Crippen LogP contribution is 2.16. The maximum absolute atomic E-state index is 13.8. The fourth-order valence-corrected chi connectivity index (χ4v) is 2.63. The van der Waals surface area contributed by atoms with Crippen LogP contribution in [0.1, 0.15) is 36.6 Å². The second-order valence-electron chi connectivity index (χ2n) is 6.44. The lowest BCUT2D eigenvalue weighted by atomic mass is 10.1. The predicted octanol–water partition coefficient (Wildman–Crippen LogP) is 3.35. The van der Waals surface area contributed by atoms with Crippen LogP contribution < -0.4 is 10.6 Å². The number of halogens is 1. The van der Waals surface area contributed by atoms with Gasteiger partial charge in [0.1, 0.15) is 5.82 Å². The van der Waals surface area contributed by atoms with Gasteiger partial charge in [-0.25, -0.2) is 4.39 Å². The van der Waals surface area contributed by atoms with E-state index in [2.05, 4.69) is 15.6 Å². The summed E-state index contributed by atoms with van der Waals surface area (Å²) in [6.45, 7) is 6.68. The Morgan fingerprint density at radius 2 is 1.92 bits per heavy atom. The Labute approximate surface area is 155 Å². The van der Waals surface area contributed by atoms with Gasteiger partial charge < -0.3 is 15.7 Å². The minimum absolute atomic E-state index is 0.103. The van der Waals surface area contributed by atoms with Crippen molar-refractivity contribution in [1.82, 2.24) is 10.6 Å². The molecule has 3 N–H and O–H groups in total. The lowest BCUT2D eigenvalue weighted by Gasteiger charge is -2.19. The van der Waals surface area contributed by atoms with Crippen LogP contribution in [-0.4, -0.2) is 30.3 Å². The van der Waals surface area contributed by atoms with Crippen molar-refractivity contribution in [2.75, 3.05) is 13.1 Å². The predicted molar refractivity (Wildman–Crippen MR) is 105 cm³/mol. The van der Waals surface area contributed by atoms with Crippen molar-refractivity contribution in [3.63, 3.8) is 0 Å². The number of hydrogen-bond acceptors (Lipinski definition) is 2. The van der Waals surface area contributed by atoms with Crippen molar-refractivity contribution in [3.8, 4) is 0 Å². The van der Waals surface area contributed by atoms with Crippen molar-refractivity contribution in [3.05, 3.63) is 71.0 Å². The van der Waals surface area contributed by atoms with Crippen LogP contribution >= 0.6 is 0 Å². The molecule has 2 unspecified atom stereocenters. The number of nitrogens with zero attached hydrogens (tertiary/aromatic N) is 1. The van der Waals surface area contributed by atoms with E-state index in [4.69, 9.17) is 0 Å². The molecule has 26 heavy (non-hydrogen) atoms. The molecule has 0 fully saturated rings. The molecule has 2 rings (SSSR count). The standard InChI is InChI=1S/C21H28FN3O/c1-4-23-21(24-14-19(26)12-17-8-6-5-7-9-17)25-16(3)18-11-10-15(2)20(22)13-18/h5-11,13,16,19,26H,4,12,14H2,1-3H3,(H2,23,24,25). The van der Waals surface area contributed by atoms with Crippen molar-refractivity contribution in [2.45, 2.75) is 39.3 Å². The number of aliphatic hydroxyl groups is 1. The minimum Gasteiger partial charge on any atom is -0.391 e. The van der Waals surface area contributed by atoms with Gasteiger partial charge in [-0.2, -0.15) is 0 Å². The summed E-state index contributed by atoms with van der Waals surface area (Å²) in [5.41, 5.74) is 2.56. The van der Waals surface area contributed by atoms with E-state index in [1.165, 1.54) is 0 Å². The molecule has 5 heteroatoms. The van der Waals surface area contributed by atoms with Crippen molar-refractivity contribution in [2.24, 2.45) is 4.99 Å². The Bertz CT molecular complexity index is 718. The fourth-order valence-electron chi connectivity index (χ4n) is 2.63. The van der Waals surface area contributed by atoms with Gasteiger partial charge in [0, 0.05) is 13.0 Å². The summed E-state index contributed by atoms with van der Waals surface area (Å²) in [4.78, 5) is 4.47. The second-order valence-corrected chi connectivity index (χ2v) is 6.44. The average molecular weight is 357 g/mol. The highest BCUT2D eigenvalue weighted by Gasteiger charge is 2.11. The van der Waals surface area contributed by atoms with E-state index in [0.29, 0.717) is 31.0 Å². The van der Waals surface area contributed by atoms with Gasteiger partial charge in [0.25, 0.3) is 0 Å². The van der Waals surface area contributed by atoms with E-state index in [1.54, 1.807) is 19.1 Å². The molecule has 0 amide bonds. The Morgan fingerprint density at radius 1 is 1.19 bits per heavy atom. The van der Waals surface area contributed by atoms with E-state index in [0.717, 1.165) is 11.1 Å². The molecule has 0 spiro atoms. The first-order chi connectivity index (χ1) is 12.5. The molecule has 2 aromatic carbocycles. The summed E-state index contributed by atoms with van der Waals surface area (Å²) in [6.07, 6.45) is 0.00244. The van der Waals surface area contributed by atoms with Crippen LogP contribution in [0.2, 0.25) is 0 Å². The zero-order valence-corrected chi connectivity index (χ0v) is 15.7. The van der Waals surface area contributed by atoms with Gasteiger partial charge in [0.2, 0.25) is 0 Å². The van der Waals surface area contributed by atoms with Crippen molar-refractivity contribution < 1.29 is 9.50 Å². The van der Waals surface area contributed by atoms with Crippen LogP contribution in [0.4, 0.5) is 4.39 Å². The number of guanidine groups is 1. The Morgan fingerprint density at radius 3 is 2.58 bits per heavy atom. The lowest BCUT2D eigenvalue weighted by molar-refractivity contribution is 0.183. The number of nitrogens with one attached hydrogen (secondary N) is 2. The largest absolute Gasteiger partial charge is 0.391 e. The second kappa shape index (κ2) is 9.92. The van der Waals surface area contributed by atoms with Gasteiger partial charge in [-0.3, -0.25) is 4.99 Å². The first-order valence-electron chi connectivity index (χ1n) is 9.02. The van der Waals surface area contributed by atoms with Gasteiger partial charge in [0.05, 0.1) is 18.7 Å². The van der Waals surface area contributed by atoms with Crippen molar-refractivity contribution >= 4 is 5.96 Å². The van der Waals surface area contributed by atoms with Crippen LogP contribution in [0.15, 0.2) is 53.5 Å². The molecular weight excluding hydrogens is 329 g/mol. The normalized spacial score (nSPS) is 14.0. The third-order valence-electron chi connectivity index (χ3n) is 4.17. The Balaban J connectivity index is 1.97. The van der Waals surface area contributed by atoms with E-state index in [1.807, 2.05) is 50.2 Å². The SMILES string of the molecule is CCNC(=NCC(O)Cc1ccccc1)NC(C)c1ccc(C)c(F)c1. The highest BCUT2D eigenvalue weighted by molar-refractivity contribution is 5.80. The van der Waals surface area contributed by atoms with Gasteiger partial charge in [0.15, 0.2) is 5.96 Å². The number of aliphatic hydroxyl groups excluding tert-OH is 1. The summed E-state index contributed by atoms with van der Waals surface area (Å²) in [7, 11) is 0. The summed E-state index contributed by atoms with van der Waals surface area (Å²) in [5.74, 6) is 0.393. The number of benzene rings is 2. The smallest absolute Gasteiger partial charge is 0.191 e. The molecular formula is C21H28FN3O. The summed E-state index contributed by atoms with van der Waals surface area (Å²) < 4.78 is 13.8. The van der Waals surface area contributed by atoms with Gasteiger partial charge >= 0.3 is 0 Å². The van der Waals surface area contributed by atoms with Crippen LogP contribution in [0.3, 0.4) is 0 Å². The Kier molecular flexibility index (Phi) is 7.60. The third kappa shape index (κ3) is 6.15. The quantitative estimate of drug-likeness (QED) is 0.526. The van der Waals surface area contributed by atoms with Crippen molar-refractivity contribution in [1.29, 1.82) is 0 Å². The monoisotopic (exact) mass is 357 g/mol. The molecule has 2 aromatic rings. The topological polar surface area (TPSA) is 56.7 Å². The zero-order chi connectivity index (χ0) is 18.9. The van der Waals surface area contributed by atoms with Gasteiger partial charge in [-0.05, 0) is 43.5 Å². The third-order valence-corrected chi connectivity index (χ3v) is 4.17. The summed E-state index contributed by atoms with van der Waals surface area (Å²) in [6, 6.07) is 15.0. The molecule has 0 aliphatic rings. The van der Waals surface area contributed by atoms with Crippen LogP contribution in [0, 0.1) is 12.7 Å². The van der Waals surface area contributed by atoms with Crippen LogP contribution in [-0.2, 0) is 6.42 Å².